The standard InChI is InChI=1S/C20H16O2/c21-20(18-13-17(18)15-7-2-1-3-8-15)22-19-12-6-10-14-9-4-5-11-16(14)19/h1-12,17-18H,13H2/t17-,18-/m0/s1. The van der Waals surface area contributed by atoms with Crippen LogP contribution in [0.4, 0.5) is 0 Å². The lowest BCUT2D eigenvalue weighted by molar-refractivity contribution is -0.135. The number of esters is 1. The van der Waals surface area contributed by atoms with Gasteiger partial charge >= 0.3 is 5.97 Å². The Bertz CT molecular complexity index is 818. The fourth-order valence-corrected chi connectivity index (χ4v) is 2.99. The highest BCUT2D eigenvalue weighted by molar-refractivity contribution is 5.91. The van der Waals surface area contributed by atoms with Crippen LogP contribution in [-0.4, -0.2) is 5.97 Å². The van der Waals surface area contributed by atoms with Gasteiger partial charge in [-0.3, -0.25) is 4.79 Å². The molecule has 0 aliphatic heterocycles. The Morgan fingerprint density at radius 3 is 2.45 bits per heavy atom. The Morgan fingerprint density at radius 1 is 0.864 bits per heavy atom. The molecule has 1 aliphatic rings. The number of hydrogen-bond acceptors (Lipinski definition) is 2. The van der Waals surface area contributed by atoms with Crippen molar-refractivity contribution >= 4 is 16.7 Å². The highest BCUT2D eigenvalue weighted by Crippen LogP contribution is 2.48. The number of hydrogen-bond donors (Lipinski definition) is 0. The number of benzene rings is 3. The Hall–Kier alpha value is -2.61. The normalized spacial score (nSPS) is 19.8. The minimum absolute atomic E-state index is 0.0126. The molecule has 2 nitrogen and oxygen atoms in total. The van der Waals surface area contributed by atoms with Crippen LogP contribution >= 0.6 is 0 Å². The minimum atomic E-state index is -0.120. The molecule has 0 saturated heterocycles. The largest absolute Gasteiger partial charge is 0.426 e. The highest BCUT2D eigenvalue weighted by Gasteiger charge is 2.45. The summed E-state index contributed by atoms with van der Waals surface area (Å²) in [6, 6.07) is 24.0. The summed E-state index contributed by atoms with van der Waals surface area (Å²) in [5.74, 6) is 0.831. The molecule has 3 aromatic rings. The summed E-state index contributed by atoms with van der Waals surface area (Å²) in [6.45, 7) is 0. The van der Waals surface area contributed by atoms with Crippen molar-refractivity contribution in [2.24, 2.45) is 5.92 Å². The Balaban J connectivity index is 1.53. The molecule has 1 fully saturated rings. The van der Waals surface area contributed by atoms with Gasteiger partial charge in [-0.25, -0.2) is 0 Å². The van der Waals surface area contributed by atoms with Crippen molar-refractivity contribution in [3.63, 3.8) is 0 Å². The Labute approximate surface area is 129 Å². The van der Waals surface area contributed by atoms with E-state index < -0.39 is 0 Å². The lowest BCUT2D eigenvalue weighted by Crippen LogP contribution is -2.11. The van der Waals surface area contributed by atoms with Crippen molar-refractivity contribution in [2.45, 2.75) is 12.3 Å². The molecule has 0 N–H and O–H groups in total. The van der Waals surface area contributed by atoms with Gasteiger partial charge in [-0.15, -0.1) is 0 Å². The van der Waals surface area contributed by atoms with Crippen LogP contribution in [0, 0.1) is 5.92 Å². The van der Waals surface area contributed by atoms with E-state index in [1.807, 2.05) is 60.7 Å². The second-order valence-corrected chi connectivity index (χ2v) is 5.76. The first-order valence-electron chi connectivity index (χ1n) is 7.57. The van der Waals surface area contributed by atoms with E-state index in [-0.39, 0.29) is 11.9 Å². The van der Waals surface area contributed by atoms with Gasteiger partial charge in [-0.2, -0.15) is 0 Å². The fourth-order valence-electron chi connectivity index (χ4n) is 2.99. The van der Waals surface area contributed by atoms with Crippen LogP contribution in [0.1, 0.15) is 17.9 Å². The maximum absolute atomic E-state index is 12.4. The third-order valence-electron chi connectivity index (χ3n) is 4.28. The molecule has 0 amide bonds. The molecule has 0 aromatic heterocycles. The SMILES string of the molecule is O=C(Oc1cccc2ccccc12)[C@H]1C[C@H]1c1ccccc1. The van der Waals surface area contributed by atoms with Crippen LogP contribution in [0.3, 0.4) is 0 Å². The average Bonchev–Trinajstić information content (AvgIpc) is 3.37. The average molecular weight is 288 g/mol. The van der Waals surface area contributed by atoms with Gasteiger partial charge in [0, 0.05) is 5.39 Å². The van der Waals surface area contributed by atoms with Crippen LogP contribution in [0.5, 0.6) is 5.75 Å². The molecule has 0 radical (unpaired) electrons. The van der Waals surface area contributed by atoms with Gasteiger partial charge in [-0.1, -0.05) is 66.7 Å². The third kappa shape index (κ3) is 2.37. The maximum Gasteiger partial charge on any atom is 0.314 e. The number of rotatable bonds is 3. The lowest BCUT2D eigenvalue weighted by Gasteiger charge is -2.07. The summed E-state index contributed by atoms with van der Waals surface area (Å²) in [7, 11) is 0. The minimum Gasteiger partial charge on any atom is -0.426 e. The topological polar surface area (TPSA) is 26.3 Å². The van der Waals surface area contributed by atoms with Crippen LogP contribution in [0.15, 0.2) is 72.8 Å². The fraction of sp³-hybridized carbons (Fsp3) is 0.150. The van der Waals surface area contributed by atoms with Crippen LogP contribution < -0.4 is 4.74 Å². The molecule has 2 atom stereocenters. The molecule has 0 spiro atoms. The third-order valence-corrected chi connectivity index (χ3v) is 4.28. The van der Waals surface area contributed by atoms with E-state index in [2.05, 4.69) is 12.1 Å². The predicted molar refractivity (Wildman–Crippen MR) is 86.9 cm³/mol. The number of ether oxygens (including phenoxy) is 1. The first kappa shape index (κ1) is 13.1. The van der Waals surface area contributed by atoms with E-state index in [1.165, 1.54) is 5.56 Å². The molecule has 108 valence electrons. The van der Waals surface area contributed by atoms with E-state index in [1.54, 1.807) is 0 Å². The summed E-state index contributed by atoms with van der Waals surface area (Å²) in [5.41, 5.74) is 1.22. The van der Waals surface area contributed by atoms with Crippen LogP contribution in [0.2, 0.25) is 0 Å². The summed E-state index contributed by atoms with van der Waals surface area (Å²) < 4.78 is 5.66. The smallest absolute Gasteiger partial charge is 0.314 e. The van der Waals surface area contributed by atoms with Gasteiger partial charge < -0.3 is 4.74 Å². The number of carbonyl (C=O) groups is 1. The maximum atomic E-state index is 12.4. The number of fused-ring (bicyclic) bond motifs is 1. The van der Waals surface area contributed by atoms with Crippen LogP contribution in [0.25, 0.3) is 10.8 Å². The Kier molecular flexibility index (Phi) is 3.15. The monoisotopic (exact) mass is 288 g/mol. The molecule has 0 bridgehead atoms. The van der Waals surface area contributed by atoms with Gasteiger partial charge in [0.05, 0.1) is 5.92 Å². The van der Waals surface area contributed by atoms with Gasteiger partial charge in [0.25, 0.3) is 0 Å². The van der Waals surface area contributed by atoms with Gasteiger partial charge in [-0.05, 0) is 29.4 Å². The van der Waals surface area contributed by atoms with E-state index in [0.717, 1.165) is 17.2 Å². The van der Waals surface area contributed by atoms with Crippen molar-refractivity contribution in [1.82, 2.24) is 0 Å². The zero-order valence-corrected chi connectivity index (χ0v) is 12.1. The van der Waals surface area contributed by atoms with Gasteiger partial charge in [0.2, 0.25) is 0 Å². The molecule has 0 unspecified atom stereocenters. The molecule has 2 heteroatoms. The zero-order valence-electron chi connectivity index (χ0n) is 12.1. The second-order valence-electron chi connectivity index (χ2n) is 5.76. The molecule has 3 aromatic carbocycles. The van der Waals surface area contributed by atoms with Crippen molar-refractivity contribution in [2.75, 3.05) is 0 Å². The van der Waals surface area contributed by atoms with Gasteiger partial charge in [0.1, 0.15) is 5.75 Å². The van der Waals surface area contributed by atoms with Crippen molar-refractivity contribution in [3.05, 3.63) is 78.4 Å². The molecular weight excluding hydrogens is 272 g/mol. The zero-order chi connectivity index (χ0) is 14.9. The van der Waals surface area contributed by atoms with Crippen molar-refractivity contribution < 1.29 is 9.53 Å². The second kappa shape index (κ2) is 5.30. The van der Waals surface area contributed by atoms with E-state index in [9.17, 15) is 4.79 Å². The molecule has 0 heterocycles. The van der Waals surface area contributed by atoms with Crippen molar-refractivity contribution in [1.29, 1.82) is 0 Å². The summed E-state index contributed by atoms with van der Waals surface area (Å²) in [6.07, 6.45) is 0.883. The molecule has 22 heavy (non-hydrogen) atoms. The van der Waals surface area contributed by atoms with E-state index in [0.29, 0.717) is 11.7 Å². The van der Waals surface area contributed by atoms with E-state index >= 15 is 0 Å². The molecule has 1 saturated carbocycles. The molecule has 4 rings (SSSR count). The highest BCUT2D eigenvalue weighted by atomic mass is 16.5. The summed E-state index contributed by atoms with van der Waals surface area (Å²) in [5, 5.41) is 2.07. The van der Waals surface area contributed by atoms with Crippen molar-refractivity contribution in [3.8, 4) is 5.75 Å². The number of carbonyl (C=O) groups excluding carboxylic acids is 1. The van der Waals surface area contributed by atoms with Gasteiger partial charge in [0.15, 0.2) is 0 Å². The first-order chi connectivity index (χ1) is 10.8. The van der Waals surface area contributed by atoms with Crippen LogP contribution in [-0.2, 0) is 4.79 Å². The Morgan fingerprint density at radius 2 is 1.59 bits per heavy atom. The summed E-state index contributed by atoms with van der Waals surface area (Å²) in [4.78, 5) is 12.4. The molecule has 1 aliphatic carbocycles. The molecular formula is C20H16O2. The quantitative estimate of drug-likeness (QED) is 0.522. The lowest BCUT2D eigenvalue weighted by atomic mass is 10.1. The first-order valence-corrected chi connectivity index (χ1v) is 7.57. The summed E-state index contributed by atoms with van der Waals surface area (Å²) >= 11 is 0. The van der Waals surface area contributed by atoms with E-state index in [4.69, 9.17) is 4.74 Å². The predicted octanol–water partition coefficient (Wildman–Crippen LogP) is 4.55.